The van der Waals surface area contributed by atoms with Gasteiger partial charge in [-0.1, -0.05) is 24.8 Å². The number of hydrogen-bond donors (Lipinski definition) is 0. The van der Waals surface area contributed by atoms with E-state index >= 15 is 0 Å². The lowest BCUT2D eigenvalue weighted by Crippen LogP contribution is -2.16. The number of nitrogens with zero attached hydrogens (tertiary/aromatic N) is 1. The Morgan fingerprint density at radius 1 is 0.762 bits per heavy atom. The monoisotopic (exact) mass is 281 g/mol. The predicted molar refractivity (Wildman–Crippen MR) is 81.5 cm³/mol. The van der Waals surface area contributed by atoms with E-state index in [0.717, 1.165) is 22.5 Å². The molecule has 21 heavy (non-hydrogen) atoms. The molecule has 0 spiro atoms. The molecule has 0 unspecified atom stereocenters. The van der Waals surface area contributed by atoms with Crippen LogP contribution in [-0.4, -0.2) is 0 Å². The van der Waals surface area contributed by atoms with Crippen molar-refractivity contribution in [3.8, 4) is 0 Å². The van der Waals surface area contributed by atoms with Crippen molar-refractivity contribution in [2.75, 3.05) is 4.90 Å². The van der Waals surface area contributed by atoms with Crippen molar-refractivity contribution >= 4 is 11.3 Å². The van der Waals surface area contributed by atoms with Crippen LogP contribution in [0.5, 0.6) is 0 Å². The minimum Gasteiger partial charge on any atom is -0.317 e. The molecule has 1 heterocycles. The van der Waals surface area contributed by atoms with Crippen LogP contribution in [0.1, 0.15) is 5.56 Å². The van der Waals surface area contributed by atoms with Crippen molar-refractivity contribution in [3.63, 3.8) is 0 Å². The van der Waals surface area contributed by atoms with Gasteiger partial charge >= 0.3 is 0 Å². The molecule has 2 aromatic rings. The lowest BCUT2D eigenvalue weighted by atomic mass is 10.0. The summed E-state index contributed by atoms with van der Waals surface area (Å²) < 4.78 is 26.0. The maximum absolute atomic E-state index is 13.0. The molecule has 0 aromatic heterocycles. The van der Waals surface area contributed by atoms with Crippen LogP contribution in [0.15, 0.2) is 79.2 Å². The minimum atomic E-state index is -0.278. The molecular weight excluding hydrogens is 268 g/mol. The highest BCUT2D eigenvalue weighted by atomic mass is 19.1. The zero-order valence-corrected chi connectivity index (χ0v) is 11.3. The molecular formula is C18H13F2N. The standard InChI is InChI=1S/C18H13F2N/c1-13-2-3-15(14-4-6-16(19)7-5-14)12-21(13)18-10-8-17(20)9-11-18/h2-12H,1H2. The van der Waals surface area contributed by atoms with Gasteiger partial charge in [-0.15, -0.1) is 0 Å². The fraction of sp³-hybridized carbons (Fsp3) is 0. The van der Waals surface area contributed by atoms with Crippen molar-refractivity contribution in [2.45, 2.75) is 0 Å². The van der Waals surface area contributed by atoms with E-state index in [1.165, 1.54) is 24.3 Å². The van der Waals surface area contributed by atoms with Gasteiger partial charge in [-0.25, -0.2) is 8.78 Å². The van der Waals surface area contributed by atoms with Crippen LogP contribution >= 0.6 is 0 Å². The van der Waals surface area contributed by atoms with Crippen LogP contribution < -0.4 is 4.90 Å². The average Bonchev–Trinajstić information content (AvgIpc) is 2.50. The topological polar surface area (TPSA) is 3.24 Å². The molecule has 0 fully saturated rings. The zero-order chi connectivity index (χ0) is 14.8. The van der Waals surface area contributed by atoms with Gasteiger partial charge in [0.25, 0.3) is 0 Å². The second-order valence-electron chi connectivity index (χ2n) is 4.76. The molecule has 0 N–H and O–H groups in total. The number of halogens is 2. The molecule has 3 heteroatoms. The zero-order valence-electron chi connectivity index (χ0n) is 11.3. The first-order valence-corrected chi connectivity index (χ1v) is 6.53. The van der Waals surface area contributed by atoms with Crippen LogP contribution in [0.4, 0.5) is 14.5 Å². The summed E-state index contributed by atoms with van der Waals surface area (Å²) in [6, 6.07) is 12.5. The molecule has 1 aliphatic rings. The molecule has 2 aromatic carbocycles. The first kappa shape index (κ1) is 13.3. The third-order valence-corrected chi connectivity index (χ3v) is 3.32. The van der Waals surface area contributed by atoms with Crippen molar-refractivity contribution < 1.29 is 8.78 Å². The molecule has 104 valence electrons. The summed E-state index contributed by atoms with van der Waals surface area (Å²) in [7, 11) is 0. The molecule has 0 amide bonds. The van der Waals surface area contributed by atoms with Gasteiger partial charge in [0.1, 0.15) is 11.6 Å². The summed E-state index contributed by atoms with van der Waals surface area (Å²) in [6.07, 6.45) is 5.71. The van der Waals surface area contributed by atoms with E-state index in [9.17, 15) is 8.78 Å². The Labute approximate surface area is 122 Å². The summed E-state index contributed by atoms with van der Waals surface area (Å²) in [5, 5.41) is 0. The van der Waals surface area contributed by atoms with Crippen LogP contribution in [0.3, 0.4) is 0 Å². The molecule has 0 saturated carbocycles. The van der Waals surface area contributed by atoms with E-state index in [1.807, 2.05) is 23.3 Å². The Morgan fingerprint density at radius 3 is 1.95 bits per heavy atom. The summed E-state index contributed by atoms with van der Waals surface area (Å²) in [5.41, 5.74) is 3.46. The van der Waals surface area contributed by atoms with Crippen molar-refractivity contribution in [3.05, 3.63) is 96.4 Å². The highest BCUT2D eigenvalue weighted by molar-refractivity contribution is 5.80. The number of rotatable bonds is 2. The van der Waals surface area contributed by atoms with Crippen LogP contribution in [-0.2, 0) is 0 Å². The van der Waals surface area contributed by atoms with Gasteiger partial charge in [-0.05, 0) is 53.6 Å². The lowest BCUT2D eigenvalue weighted by molar-refractivity contribution is 0.627. The molecule has 1 nitrogen and oxygen atoms in total. The number of hydrogen-bond acceptors (Lipinski definition) is 1. The highest BCUT2D eigenvalue weighted by Gasteiger charge is 2.12. The van der Waals surface area contributed by atoms with E-state index in [1.54, 1.807) is 24.3 Å². The molecule has 0 aliphatic carbocycles. The van der Waals surface area contributed by atoms with Gasteiger partial charge in [0.15, 0.2) is 0 Å². The van der Waals surface area contributed by atoms with Gasteiger partial charge in [-0.3, -0.25) is 0 Å². The Kier molecular flexibility index (Phi) is 3.40. The van der Waals surface area contributed by atoms with Gasteiger partial charge < -0.3 is 4.90 Å². The van der Waals surface area contributed by atoms with Crippen molar-refractivity contribution in [1.29, 1.82) is 0 Å². The maximum Gasteiger partial charge on any atom is 0.123 e. The minimum absolute atomic E-state index is 0.265. The lowest BCUT2D eigenvalue weighted by Gasteiger charge is -2.25. The second-order valence-corrected chi connectivity index (χ2v) is 4.76. The molecule has 1 aliphatic heterocycles. The fourth-order valence-corrected chi connectivity index (χ4v) is 2.19. The van der Waals surface area contributed by atoms with Gasteiger partial charge in [0.2, 0.25) is 0 Å². The number of allylic oxidation sites excluding steroid dienone is 3. The van der Waals surface area contributed by atoms with Crippen molar-refractivity contribution in [1.82, 2.24) is 0 Å². The van der Waals surface area contributed by atoms with Crippen LogP contribution in [0.2, 0.25) is 0 Å². The number of anilines is 1. The highest BCUT2D eigenvalue weighted by Crippen LogP contribution is 2.28. The van der Waals surface area contributed by atoms with E-state index in [4.69, 9.17) is 0 Å². The van der Waals surface area contributed by atoms with Crippen LogP contribution in [0.25, 0.3) is 5.57 Å². The van der Waals surface area contributed by atoms with Crippen LogP contribution in [0, 0.1) is 11.6 Å². The van der Waals surface area contributed by atoms with E-state index < -0.39 is 0 Å². The Bertz CT molecular complexity index is 725. The normalized spacial score (nSPS) is 14.3. The smallest absolute Gasteiger partial charge is 0.123 e. The Balaban J connectivity index is 1.97. The average molecular weight is 281 g/mol. The second kappa shape index (κ2) is 5.37. The van der Waals surface area contributed by atoms with Gasteiger partial charge in [0, 0.05) is 17.6 Å². The Hall–Kier alpha value is -2.68. The molecule has 0 radical (unpaired) electrons. The first-order valence-electron chi connectivity index (χ1n) is 6.53. The summed E-state index contributed by atoms with van der Waals surface area (Å²) in [4.78, 5) is 1.87. The van der Waals surface area contributed by atoms with E-state index in [2.05, 4.69) is 6.58 Å². The predicted octanol–water partition coefficient (Wildman–Crippen LogP) is 4.90. The SMILES string of the molecule is C=C1C=CC(c2ccc(F)cc2)=CN1c1ccc(F)cc1. The van der Waals surface area contributed by atoms with Gasteiger partial charge in [0.05, 0.1) is 0 Å². The molecule has 0 bridgehead atoms. The van der Waals surface area contributed by atoms with Gasteiger partial charge in [-0.2, -0.15) is 0 Å². The molecule has 0 atom stereocenters. The molecule has 0 saturated heterocycles. The quantitative estimate of drug-likeness (QED) is 0.757. The van der Waals surface area contributed by atoms with Crippen molar-refractivity contribution in [2.24, 2.45) is 0 Å². The van der Waals surface area contributed by atoms with E-state index in [0.29, 0.717) is 0 Å². The first-order chi connectivity index (χ1) is 10.1. The largest absolute Gasteiger partial charge is 0.317 e. The maximum atomic E-state index is 13.0. The number of benzene rings is 2. The summed E-state index contributed by atoms with van der Waals surface area (Å²) in [5.74, 6) is -0.543. The molecule has 3 rings (SSSR count). The third kappa shape index (κ3) is 2.77. The van der Waals surface area contributed by atoms with E-state index in [-0.39, 0.29) is 11.6 Å². The summed E-state index contributed by atoms with van der Waals surface area (Å²) in [6.45, 7) is 3.98. The third-order valence-electron chi connectivity index (χ3n) is 3.32. The fourth-order valence-electron chi connectivity index (χ4n) is 2.19. The summed E-state index contributed by atoms with van der Waals surface area (Å²) >= 11 is 0. The Morgan fingerprint density at radius 2 is 1.33 bits per heavy atom.